The third-order valence-electron chi connectivity index (χ3n) is 17.2. The number of rotatable bonds is 14. The maximum absolute atomic E-state index is 17.5. The first-order valence-electron chi connectivity index (χ1n) is 28.6. The molecule has 5 aromatic rings. The van der Waals surface area contributed by atoms with E-state index in [1.807, 2.05) is 42.7 Å². The van der Waals surface area contributed by atoms with Crippen molar-refractivity contribution in [3.05, 3.63) is 128 Å². The smallest absolute Gasteiger partial charge is 0.400 e. The third-order valence-corrected chi connectivity index (χ3v) is 18.3. The van der Waals surface area contributed by atoms with Gasteiger partial charge in [-0.25, -0.2) is 22.6 Å². The van der Waals surface area contributed by atoms with Crippen LogP contribution in [0.4, 0.5) is 42.2 Å². The molecule has 15 nitrogen and oxygen atoms in total. The molecular formula is C62H70F7N11O4S. The van der Waals surface area contributed by atoms with Crippen LogP contribution in [0.2, 0.25) is 0 Å². The quantitative estimate of drug-likeness (QED) is 0.0404. The summed E-state index contributed by atoms with van der Waals surface area (Å²) in [6.07, 6.45) is 1.17. The molecule has 23 heteroatoms. The average Bonchev–Trinajstić information content (AvgIpc) is 2.03. The standard InChI is InChI=1S/C46H53F5N10O2S.C15H13F2NO.CH4O/c1-25(2)36(44(62)61-14-5-6-26(61)3)34-19-35(57-63-34)60-23-45(24-60)11-15-58(16-12-45)17-13-55-40-30(43(54-4)59-21-27-7-8-28(22-59)56-27)18-32(46(49,50)51)38(39(40)48)29-9-10-33(47)41-37(29)31(20-52)42(53)64-41;1-10(18-9-19)11-5-7-12(8-6-11)15-13(16)3-2-4-14(15)17;1-2/h9-10,18-19,25-28,36,53,55-56H,4-8,11-17,21-24H2,1-3H3;2-10H,1H3,(H,18,19);2H,1H3/b38-29+,43-30+,53-42?;;. The monoisotopic (exact) mass is 1200 g/mol. The van der Waals surface area contributed by atoms with E-state index in [1.54, 1.807) is 24.3 Å². The topological polar surface area (TPSA) is 189 Å². The lowest BCUT2D eigenvalue weighted by molar-refractivity contribution is -0.138. The molecule has 2 amide bonds. The van der Waals surface area contributed by atoms with Crippen LogP contribution < -0.4 is 31.3 Å². The number of fused-ring (bicyclic) bond motifs is 3. The Morgan fingerprint density at radius 2 is 1.65 bits per heavy atom. The zero-order valence-corrected chi connectivity index (χ0v) is 48.9. The molecule has 4 aromatic carbocycles. The van der Waals surface area contributed by atoms with Crippen LogP contribution in [0.1, 0.15) is 95.1 Å². The fourth-order valence-electron chi connectivity index (χ4n) is 12.8. The molecule has 452 valence electrons. The van der Waals surface area contributed by atoms with Crippen molar-refractivity contribution in [2.24, 2.45) is 16.3 Å². The number of piperazine rings is 1. The van der Waals surface area contributed by atoms with Gasteiger partial charge in [0.15, 0.2) is 17.4 Å². The van der Waals surface area contributed by atoms with E-state index in [0.717, 1.165) is 108 Å². The Labute approximate surface area is 492 Å². The highest BCUT2D eigenvalue weighted by Crippen LogP contribution is 2.44. The maximum atomic E-state index is 17.5. The summed E-state index contributed by atoms with van der Waals surface area (Å²) >= 11 is 0.622. The normalized spacial score (nSPS) is 21.2. The van der Waals surface area contributed by atoms with Gasteiger partial charge in [0.05, 0.1) is 33.3 Å². The minimum Gasteiger partial charge on any atom is -0.400 e. The van der Waals surface area contributed by atoms with E-state index in [9.17, 15) is 23.6 Å². The fraction of sp³-hybridized carbons (Fsp3) is 0.452. The molecule has 5 unspecified atom stereocenters. The minimum atomic E-state index is -5.07. The van der Waals surface area contributed by atoms with E-state index < -0.39 is 46.1 Å². The number of nitriles is 1. The molecule has 2 bridgehead atoms. The predicted octanol–water partition coefficient (Wildman–Crippen LogP) is 9.03. The lowest BCUT2D eigenvalue weighted by Gasteiger charge is -2.54. The minimum absolute atomic E-state index is 0.0370. The highest BCUT2D eigenvalue weighted by molar-refractivity contribution is 8.15. The summed E-state index contributed by atoms with van der Waals surface area (Å²) in [5.74, 6) is -2.00. The van der Waals surface area contributed by atoms with E-state index >= 15 is 22.0 Å². The molecule has 0 aliphatic carbocycles. The Morgan fingerprint density at radius 1 is 0.976 bits per heavy atom. The Hall–Kier alpha value is -7.26. The van der Waals surface area contributed by atoms with Crippen molar-refractivity contribution in [2.75, 3.05) is 76.2 Å². The Kier molecular flexibility index (Phi) is 19.2. The van der Waals surface area contributed by atoms with Gasteiger partial charge in [0, 0.05) is 98.2 Å². The molecular weight excluding hydrogens is 1130 g/mol. The van der Waals surface area contributed by atoms with Gasteiger partial charge in [-0.2, -0.15) is 18.4 Å². The van der Waals surface area contributed by atoms with Crippen molar-refractivity contribution < 1.29 is 50.0 Å². The first kappa shape index (κ1) is 62.3. The van der Waals surface area contributed by atoms with Crippen LogP contribution in [-0.4, -0.2) is 133 Å². The Morgan fingerprint density at radius 3 is 2.24 bits per heavy atom. The summed E-state index contributed by atoms with van der Waals surface area (Å²) in [6.45, 7) is 17.2. The second-order valence-electron chi connectivity index (χ2n) is 23.0. The van der Waals surface area contributed by atoms with Crippen molar-refractivity contribution >= 4 is 58.7 Å². The zero-order chi connectivity index (χ0) is 61.1. The number of benzene rings is 4. The highest BCUT2D eigenvalue weighted by atomic mass is 32.2. The molecule has 11 rings (SSSR count). The van der Waals surface area contributed by atoms with Crippen LogP contribution >= 0.6 is 11.8 Å². The van der Waals surface area contributed by atoms with Gasteiger partial charge in [0.1, 0.15) is 40.3 Å². The summed E-state index contributed by atoms with van der Waals surface area (Å²) in [6, 6.07) is 17.5. The van der Waals surface area contributed by atoms with Crippen LogP contribution in [0, 0.1) is 61.8 Å². The van der Waals surface area contributed by atoms with Gasteiger partial charge in [-0.3, -0.25) is 15.0 Å². The molecule has 6 aliphatic heterocycles. The van der Waals surface area contributed by atoms with Gasteiger partial charge in [-0.05, 0) is 119 Å². The number of hydrogen-bond acceptors (Lipinski definition) is 14. The number of aliphatic hydroxyl groups is 1. The van der Waals surface area contributed by atoms with Crippen molar-refractivity contribution in [3.63, 3.8) is 0 Å². The fourth-order valence-corrected chi connectivity index (χ4v) is 13.7. The number of aromatic nitrogens is 1. The Balaban J connectivity index is 0.000000348. The molecule has 1 aromatic heterocycles. The molecule has 5 saturated heterocycles. The van der Waals surface area contributed by atoms with Crippen molar-refractivity contribution in [1.29, 1.82) is 10.7 Å². The van der Waals surface area contributed by atoms with E-state index in [0.29, 0.717) is 49.1 Å². The lowest BCUT2D eigenvalue weighted by Crippen LogP contribution is -2.60. The number of piperidine rings is 1. The molecule has 7 heterocycles. The van der Waals surface area contributed by atoms with E-state index in [4.69, 9.17) is 15.0 Å². The third kappa shape index (κ3) is 12.8. The molecule has 6 aliphatic rings. The number of carbonyl (C=O) groups is 2. The summed E-state index contributed by atoms with van der Waals surface area (Å²) in [5, 5.41) is 37.1. The largest absolute Gasteiger partial charge is 0.417 e. The van der Waals surface area contributed by atoms with Crippen LogP contribution in [0.3, 0.4) is 0 Å². The number of hydrogen-bond donors (Lipinski definition) is 5. The second-order valence-corrected chi connectivity index (χ2v) is 24.0. The van der Waals surface area contributed by atoms with Gasteiger partial charge in [-0.15, -0.1) is 0 Å². The van der Waals surface area contributed by atoms with E-state index in [1.165, 1.54) is 18.2 Å². The van der Waals surface area contributed by atoms with Crippen molar-refractivity contribution in [1.82, 2.24) is 30.5 Å². The first-order valence-corrected chi connectivity index (χ1v) is 29.4. The number of carbonyl (C=O) groups excluding carboxylic acids is 2. The van der Waals surface area contributed by atoms with Gasteiger partial charge in [0.2, 0.25) is 12.3 Å². The summed E-state index contributed by atoms with van der Waals surface area (Å²) in [7, 11) is 1.00. The van der Waals surface area contributed by atoms with Gasteiger partial charge >= 0.3 is 6.18 Å². The number of nitrogens with zero attached hydrogens (tertiary/aromatic N) is 7. The maximum Gasteiger partial charge on any atom is 0.417 e. The first-order chi connectivity index (χ1) is 40.7. The summed E-state index contributed by atoms with van der Waals surface area (Å²) in [4.78, 5) is 36.2. The van der Waals surface area contributed by atoms with E-state index in [2.05, 4.69) is 49.5 Å². The molecule has 1 spiro atoms. The number of nitrogens with one attached hydrogen (secondary N) is 4. The van der Waals surface area contributed by atoms with Crippen LogP contribution in [0.15, 0.2) is 81.1 Å². The molecule has 0 saturated carbocycles. The number of likely N-dealkylation sites (tertiary alicyclic amines) is 3. The zero-order valence-electron chi connectivity index (χ0n) is 48.1. The second kappa shape index (κ2) is 26.2. The molecule has 85 heavy (non-hydrogen) atoms. The van der Waals surface area contributed by atoms with Gasteiger partial charge in [0.25, 0.3) is 0 Å². The summed E-state index contributed by atoms with van der Waals surface area (Å²) in [5.41, 5.74) is -0.439. The van der Waals surface area contributed by atoms with Crippen LogP contribution in [0.5, 0.6) is 0 Å². The summed E-state index contributed by atoms with van der Waals surface area (Å²) < 4.78 is 111. The number of amides is 2. The molecule has 5 atom stereocenters. The van der Waals surface area contributed by atoms with Crippen molar-refractivity contribution in [3.8, 4) is 17.2 Å². The van der Waals surface area contributed by atoms with E-state index in [-0.39, 0.29) is 96.2 Å². The number of aliphatic hydroxyl groups excluding tert-OH is 1. The van der Waals surface area contributed by atoms with Crippen molar-refractivity contribution in [2.45, 2.75) is 107 Å². The number of thioether (sulfide) groups is 1. The Bertz CT molecular complexity index is 3570. The SMILES string of the molecule is C=N/C(=c1/cc(C(F)(F)F)/c(=c2/ccc(F)c3c2=C(C#N)C(=N)S3)c(F)c1NCCN1CCC2(CC1)CN(c1cc(C(C(=O)N3CCCC3C)C(C)C)on1)C2)N1CC2CCC(C1)N2.CC(NC=O)c1ccc(-c2c(F)cccc2F)cc1.CO. The van der Waals surface area contributed by atoms with Crippen LogP contribution in [0.25, 0.3) is 22.5 Å². The van der Waals surface area contributed by atoms with Gasteiger partial charge in [-0.1, -0.05) is 67.2 Å². The lowest BCUT2D eigenvalue weighted by atomic mass is 9.72. The number of anilines is 2. The number of alkyl halides is 3. The molecule has 5 N–H and O–H groups in total. The average molecular weight is 1200 g/mol. The molecule has 5 fully saturated rings. The predicted molar refractivity (Wildman–Crippen MR) is 313 cm³/mol. The number of halogens is 7. The number of aliphatic imine (C=N–C) groups is 1. The molecule has 0 radical (unpaired) electrons. The highest BCUT2D eigenvalue weighted by Gasteiger charge is 2.47. The van der Waals surface area contributed by atoms with Crippen LogP contribution in [-0.2, 0) is 15.8 Å². The van der Waals surface area contributed by atoms with Gasteiger partial charge < -0.3 is 45.2 Å².